The molecular formula is C8H14Cl2. The van der Waals surface area contributed by atoms with Gasteiger partial charge in [-0.3, -0.25) is 0 Å². The standard InChI is InChI=1S/C8H14Cl2/c1-7(2,9)5-6-8(3,4)10/h5-6H,1-4H3/b6-5-. The Labute approximate surface area is 73.2 Å². The number of hydrogen-bond donors (Lipinski definition) is 0. The van der Waals surface area contributed by atoms with Gasteiger partial charge in [0, 0.05) is 0 Å². The van der Waals surface area contributed by atoms with E-state index in [0.717, 1.165) is 0 Å². The van der Waals surface area contributed by atoms with E-state index in [1.807, 2.05) is 39.8 Å². The Kier molecular flexibility index (Phi) is 3.25. The summed E-state index contributed by atoms with van der Waals surface area (Å²) in [5, 5.41) is 0. The highest BCUT2D eigenvalue weighted by Gasteiger charge is 2.12. The summed E-state index contributed by atoms with van der Waals surface area (Å²) in [5.41, 5.74) is 0. The highest BCUT2D eigenvalue weighted by atomic mass is 35.5. The molecule has 0 aliphatic rings. The molecule has 0 N–H and O–H groups in total. The van der Waals surface area contributed by atoms with Gasteiger partial charge in [-0.15, -0.1) is 23.2 Å². The van der Waals surface area contributed by atoms with E-state index in [0.29, 0.717) is 0 Å². The molecule has 2 heteroatoms. The summed E-state index contributed by atoms with van der Waals surface area (Å²) in [4.78, 5) is -0.571. The predicted molar refractivity (Wildman–Crippen MR) is 49.0 cm³/mol. The van der Waals surface area contributed by atoms with Crippen molar-refractivity contribution < 1.29 is 0 Å². The molecule has 60 valence electrons. The van der Waals surface area contributed by atoms with Crippen molar-refractivity contribution in [1.82, 2.24) is 0 Å². The fourth-order valence-electron chi connectivity index (χ4n) is 0.396. The molecule has 0 rings (SSSR count). The maximum Gasteiger partial charge on any atom is 0.0570 e. The monoisotopic (exact) mass is 180 g/mol. The SMILES string of the molecule is CC(C)(Cl)/C=C\C(C)(C)Cl. The van der Waals surface area contributed by atoms with Crippen LogP contribution in [0.2, 0.25) is 0 Å². The topological polar surface area (TPSA) is 0 Å². The van der Waals surface area contributed by atoms with Crippen molar-refractivity contribution in [2.24, 2.45) is 0 Å². The molecule has 0 aliphatic heterocycles. The third-order valence-electron chi connectivity index (χ3n) is 0.876. The number of hydrogen-bond acceptors (Lipinski definition) is 0. The lowest BCUT2D eigenvalue weighted by Gasteiger charge is -2.13. The second-order valence-corrected chi connectivity index (χ2v) is 5.41. The molecule has 0 saturated carbocycles. The zero-order valence-corrected chi connectivity index (χ0v) is 8.42. The van der Waals surface area contributed by atoms with Crippen LogP contribution in [-0.2, 0) is 0 Å². The highest BCUT2D eigenvalue weighted by Crippen LogP contribution is 2.20. The maximum atomic E-state index is 5.89. The molecule has 0 atom stereocenters. The zero-order chi connectivity index (χ0) is 8.41. The van der Waals surface area contributed by atoms with E-state index in [4.69, 9.17) is 23.2 Å². The first kappa shape index (κ1) is 10.3. The van der Waals surface area contributed by atoms with Crippen molar-refractivity contribution in [3.8, 4) is 0 Å². The molecule has 10 heavy (non-hydrogen) atoms. The van der Waals surface area contributed by atoms with Crippen molar-refractivity contribution in [2.75, 3.05) is 0 Å². The van der Waals surface area contributed by atoms with E-state index >= 15 is 0 Å². The van der Waals surface area contributed by atoms with Gasteiger partial charge >= 0.3 is 0 Å². The number of alkyl halides is 2. The van der Waals surface area contributed by atoms with Crippen LogP contribution in [0, 0.1) is 0 Å². The smallest absolute Gasteiger partial charge is 0.0570 e. The van der Waals surface area contributed by atoms with Gasteiger partial charge in [-0.2, -0.15) is 0 Å². The molecule has 0 aromatic heterocycles. The van der Waals surface area contributed by atoms with Gasteiger partial charge in [0.2, 0.25) is 0 Å². The van der Waals surface area contributed by atoms with Crippen LogP contribution < -0.4 is 0 Å². The zero-order valence-electron chi connectivity index (χ0n) is 6.91. The van der Waals surface area contributed by atoms with Gasteiger partial charge in [-0.1, -0.05) is 12.2 Å². The van der Waals surface area contributed by atoms with Gasteiger partial charge < -0.3 is 0 Å². The van der Waals surface area contributed by atoms with Crippen LogP contribution in [0.4, 0.5) is 0 Å². The largest absolute Gasteiger partial charge is 0.115 e. The van der Waals surface area contributed by atoms with E-state index in [1.165, 1.54) is 0 Å². The Hall–Kier alpha value is 0.320. The van der Waals surface area contributed by atoms with Gasteiger partial charge in [-0.25, -0.2) is 0 Å². The first-order valence-electron chi connectivity index (χ1n) is 3.29. The molecule has 0 unspecified atom stereocenters. The molecule has 0 radical (unpaired) electrons. The summed E-state index contributed by atoms with van der Waals surface area (Å²) in [6, 6.07) is 0. The quantitative estimate of drug-likeness (QED) is 0.451. The van der Waals surface area contributed by atoms with Gasteiger partial charge in [-0.05, 0) is 27.7 Å². The van der Waals surface area contributed by atoms with Crippen LogP contribution in [0.15, 0.2) is 12.2 Å². The number of allylic oxidation sites excluding steroid dienone is 2. The second-order valence-electron chi connectivity index (χ2n) is 3.46. The Morgan fingerprint density at radius 1 is 0.800 bits per heavy atom. The Bertz CT molecular complexity index is 107. The fraction of sp³-hybridized carbons (Fsp3) is 0.750. The summed E-state index contributed by atoms with van der Waals surface area (Å²) in [5.74, 6) is 0. The Morgan fingerprint density at radius 2 is 1.00 bits per heavy atom. The van der Waals surface area contributed by atoms with Gasteiger partial charge in [0.1, 0.15) is 0 Å². The summed E-state index contributed by atoms with van der Waals surface area (Å²) in [6.07, 6.45) is 3.81. The van der Waals surface area contributed by atoms with E-state index in [2.05, 4.69) is 0 Å². The lowest BCUT2D eigenvalue weighted by Crippen LogP contribution is -2.10. The first-order chi connectivity index (χ1) is 4.21. The molecule has 0 saturated heterocycles. The number of rotatable bonds is 2. The van der Waals surface area contributed by atoms with E-state index < -0.39 is 0 Å². The third-order valence-corrected chi connectivity index (χ3v) is 1.13. The van der Waals surface area contributed by atoms with Crippen LogP contribution in [0.1, 0.15) is 27.7 Å². The molecule has 0 nitrogen and oxygen atoms in total. The summed E-state index contributed by atoms with van der Waals surface area (Å²) < 4.78 is 0. The Balaban J connectivity index is 4.01. The van der Waals surface area contributed by atoms with Crippen LogP contribution in [0.3, 0.4) is 0 Å². The highest BCUT2D eigenvalue weighted by molar-refractivity contribution is 6.26. The molecule has 0 aromatic carbocycles. The second kappa shape index (κ2) is 3.15. The van der Waals surface area contributed by atoms with E-state index in [1.54, 1.807) is 0 Å². The molecular weight excluding hydrogens is 167 g/mol. The van der Waals surface area contributed by atoms with Gasteiger partial charge in [0.15, 0.2) is 0 Å². The minimum atomic E-state index is -0.286. The van der Waals surface area contributed by atoms with Crippen molar-refractivity contribution in [1.29, 1.82) is 0 Å². The van der Waals surface area contributed by atoms with Crippen LogP contribution in [0.25, 0.3) is 0 Å². The normalized spacial score (nSPS) is 14.6. The average molecular weight is 181 g/mol. The molecule has 0 heterocycles. The van der Waals surface area contributed by atoms with Gasteiger partial charge in [0.25, 0.3) is 0 Å². The summed E-state index contributed by atoms with van der Waals surface area (Å²) in [6.45, 7) is 7.70. The third kappa shape index (κ3) is 8.32. The van der Waals surface area contributed by atoms with Crippen LogP contribution in [0.5, 0.6) is 0 Å². The molecule has 0 aromatic rings. The number of halogens is 2. The lowest BCUT2D eigenvalue weighted by atomic mass is 10.1. The summed E-state index contributed by atoms with van der Waals surface area (Å²) in [7, 11) is 0. The minimum absolute atomic E-state index is 0.286. The van der Waals surface area contributed by atoms with Gasteiger partial charge in [0.05, 0.1) is 9.75 Å². The molecule has 0 spiro atoms. The fourth-order valence-corrected chi connectivity index (χ4v) is 0.522. The van der Waals surface area contributed by atoms with Crippen LogP contribution >= 0.6 is 23.2 Å². The average Bonchev–Trinajstić information content (AvgIpc) is 1.57. The van der Waals surface area contributed by atoms with E-state index in [9.17, 15) is 0 Å². The molecule has 0 fully saturated rings. The predicted octanol–water partition coefficient (Wildman–Crippen LogP) is 3.58. The van der Waals surface area contributed by atoms with Crippen molar-refractivity contribution in [2.45, 2.75) is 37.4 Å². The molecule has 0 aliphatic carbocycles. The molecule has 0 bridgehead atoms. The maximum absolute atomic E-state index is 5.89. The lowest BCUT2D eigenvalue weighted by molar-refractivity contribution is 0.831. The van der Waals surface area contributed by atoms with Crippen molar-refractivity contribution in [3.05, 3.63) is 12.2 Å². The minimum Gasteiger partial charge on any atom is -0.115 e. The van der Waals surface area contributed by atoms with Crippen molar-refractivity contribution >= 4 is 23.2 Å². The molecule has 0 amide bonds. The summed E-state index contributed by atoms with van der Waals surface area (Å²) >= 11 is 11.8. The van der Waals surface area contributed by atoms with Crippen LogP contribution in [-0.4, -0.2) is 9.75 Å². The Morgan fingerprint density at radius 3 is 1.10 bits per heavy atom. The van der Waals surface area contributed by atoms with E-state index in [-0.39, 0.29) is 9.75 Å². The van der Waals surface area contributed by atoms with Crippen molar-refractivity contribution in [3.63, 3.8) is 0 Å². The first-order valence-corrected chi connectivity index (χ1v) is 4.04.